The number of nitrogens with two attached hydrogens (primary N) is 1. The van der Waals surface area contributed by atoms with Gasteiger partial charge in [-0.2, -0.15) is 5.26 Å². The molecule has 0 radical (unpaired) electrons. The standard InChI is InChI=1S/C9H9FN2O/c10-8-2-1-7(6-12)9(5-8)13-4-3-11/h1-2,5H,3-4,11H2. The summed E-state index contributed by atoms with van der Waals surface area (Å²) in [5, 5.41) is 8.62. The second kappa shape index (κ2) is 4.43. The molecule has 68 valence electrons. The van der Waals surface area contributed by atoms with Crippen molar-refractivity contribution >= 4 is 0 Å². The van der Waals surface area contributed by atoms with Crippen LogP contribution in [0.3, 0.4) is 0 Å². The summed E-state index contributed by atoms with van der Waals surface area (Å²) in [5.74, 6) is -0.182. The lowest BCUT2D eigenvalue weighted by atomic mass is 10.2. The van der Waals surface area contributed by atoms with Crippen LogP contribution in [0.1, 0.15) is 5.56 Å². The zero-order valence-corrected chi connectivity index (χ0v) is 6.96. The van der Waals surface area contributed by atoms with Crippen molar-refractivity contribution in [2.45, 2.75) is 0 Å². The third kappa shape index (κ3) is 2.42. The van der Waals surface area contributed by atoms with E-state index in [2.05, 4.69) is 0 Å². The van der Waals surface area contributed by atoms with Gasteiger partial charge >= 0.3 is 0 Å². The third-order valence-corrected chi connectivity index (χ3v) is 1.44. The number of hydrogen-bond acceptors (Lipinski definition) is 3. The number of benzene rings is 1. The van der Waals surface area contributed by atoms with Gasteiger partial charge in [-0.15, -0.1) is 0 Å². The van der Waals surface area contributed by atoms with Crippen LogP contribution in [-0.4, -0.2) is 13.2 Å². The Hall–Kier alpha value is -1.60. The highest BCUT2D eigenvalue weighted by molar-refractivity contribution is 5.42. The normalized spacial score (nSPS) is 9.31. The van der Waals surface area contributed by atoms with Crippen molar-refractivity contribution in [1.29, 1.82) is 5.26 Å². The van der Waals surface area contributed by atoms with Gasteiger partial charge in [0.15, 0.2) is 0 Å². The molecule has 2 N–H and O–H groups in total. The van der Waals surface area contributed by atoms with Crippen LogP contribution >= 0.6 is 0 Å². The van der Waals surface area contributed by atoms with Gasteiger partial charge in [0.1, 0.15) is 24.2 Å². The SMILES string of the molecule is N#Cc1ccc(F)cc1OCCN. The van der Waals surface area contributed by atoms with Gasteiger partial charge in [-0.05, 0) is 12.1 Å². The maximum absolute atomic E-state index is 12.7. The highest BCUT2D eigenvalue weighted by Crippen LogP contribution is 2.18. The monoisotopic (exact) mass is 180 g/mol. The minimum absolute atomic E-state index is 0.243. The lowest BCUT2D eigenvalue weighted by Gasteiger charge is -2.05. The lowest BCUT2D eigenvalue weighted by Crippen LogP contribution is -2.11. The van der Waals surface area contributed by atoms with Crippen LogP contribution < -0.4 is 10.5 Å². The van der Waals surface area contributed by atoms with Crippen LogP contribution in [0.25, 0.3) is 0 Å². The van der Waals surface area contributed by atoms with Crippen molar-refractivity contribution in [3.8, 4) is 11.8 Å². The van der Waals surface area contributed by atoms with E-state index in [1.165, 1.54) is 18.2 Å². The molecule has 1 aromatic carbocycles. The molecule has 0 aromatic heterocycles. The number of rotatable bonds is 3. The molecule has 1 aromatic rings. The fraction of sp³-hybridized carbons (Fsp3) is 0.222. The second-order valence-electron chi connectivity index (χ2n) is 2.39. The van der Waals surface area contributed by atoms with Gasteiger partial charge in [-0.1, -0.05) is 0 Å². The molecule has 4 heteroatoms. The van der Waals surface area contributed by atoms with Crippen LogP contribution in [-0.2, 0) is 0 Å². The summed E-state index contributed by atoms with van der Waals surface area (Å²) in [4.78, 5) is 0. The lowest BCUT2D eigenvalue weighted by molar-refractivity contribution is 0.325. The molecule has 3 nitrogen and oxygen atoms in total. The highest BCUT2D eigenvalue weighted by atomic mass is 19.1. The Kier molecular flexibility index (Phi) is 3.23. The molecule has 0 fully saturated rings. The summed E-state index contributed by atoms with van der Waals surface area (Å²) in [6.45, 7) is 0.611. The Morgan fingerprint density at radius 3 is 2.92 bits per heavy atom. The molecule has 0 spiro atoms. The Morgan fingerprint density at radius 2 is 2.31 bits per heavy atom. The van der Waals surface area contributed by atoms with Crippen LogP contribution in [0.2, 0.25) is 0 Å². The molecule has 0 aliphatic carbocycles. The van der Waals surface area contributed by atoms with Crippen LogP contribution in [0.15, 0.2) is 18.2 Å². The Labute approximate surface area is 75.5 Å². The maximum atomic E-state index is 12.7. The molecule has 0 saturated carbocycles. The minimum Gasteiger partial charge on any atom is -0.491 e. The van der Waals surface area contributed by atoms with E-state index in [9.17, 15) is 4.39 Å². The van der Waals surface area contributed by atoms with Gasteiger partial charge in [0.2, 0.25) is 0 Å². The Balaban J connectivity index is 2.89. The van der Waals surface area contributed by atoms with E-state index < -0.39 is 5.82 Å². The molecule has 0 bridgehead atoms. The Morgan fingerprint density at radius 1 is 1.54 bits per heavy atom. The van der Waals surface area contributed by atoms with Gasteiger partial charge in [0.25, 0.3) is 0 Å². The van der Waals surface area contributed by atoms with Crippen molar-refractivity contribution in [3.05, 3.63) is 29.6 Å². The van der Waals surface area contributed by atoms with Gasteiger partial charge in [-0.25, -0.2) is 4.39 Å². The van der Waals surface area contributed by atoms with Crippen molar-refractivity contribution in [1.82, 2.24) is 0 Å². The maximum Gasteiger partial charge on any atom is 0.140 e. The van der Waals surface area contributed by atoms with Crippen molar-refractivity contribution in [2.24, 2.45) is 5.73 Å². The average Bonchev–Trinajstić information content (AvgIpc) is 2.15. The van der Waals surface area contributed by atoms with E-state index >= 15 is 0 Å². The topological polar surface area (TPSA) is 59.0 Å². The predicted molar refractivity (Wildman–Crippen MR) is 45.7 cm³/mol. The number of nitriles is 1. The molecule has 0 aliphatic heterocycles. The molecule has 0 amide bonds. The molecule has 0 aliphatic rings. The molecular formula is C9H9FN2O. The van der Waals surface area contributed by atoms with Crippen molar-refractivity contribution in [2.75, 3.05) is 13.2 Å². The molecule has 0 saturated heterocycles. The number of nitrogens with zero attached hydrogens (tertiary/aromatic N) is 1. The van der Waals surface area contributed by atoms with Crippen molar-refractivity contribution < 1.29 is 9.13 Å². The average molecular weight is 180 g/mol. The molecule has 1 rings (SSSR count). The van der Waals surface area contributed by atoms with Gasteiger partial charge in [0.05, 0.1) is 5.56 Å². The van der Waals surface area contributed by atoms with E-state index in [1.54, 1.807) is 0 Å². The van der Waals surface area contributed by atoms with E-state index in [-0.39, 0.29) is 12.4 Å². The first-order valence-corrected chi connectivity index (χ1v) is 3.80. The molecular weight excluding hydrogens is 171 g/mol. The third-order valence-electron chi connectivity index (χ3n) is 1.44. The highest BCUT2D eigenvalue weighted by Gasteiger charge is 2.03. The van der Waals surface area contributed by atoms with Gasteiger partial charge in [-0.3, -0.25) is 0 Å². The summed E-state index contributed by atoms with van der Waals surface area (Å²) >= 11 is 0. The van der Waals surface area contributed by atoms with E-state index in [0.717, 1.165) is 0 Å². The summed E-state index contributed by atoms with van der Waals surface area (Å²) in [6.07, 6.45) is 0. The summed E-state index contributed by atoms with van der Waals surface area (Å²) < 4.78 is 17.8. The zero-order chi connectivity index (χ0) is 9.68. The molecule has 0 unspecified atom stereocenters. The summed E-state index contributed by atoms with van der Waals surface area (Å²) in [7, 11) is 0. The first kappa shape index (κ1) is 9.49. The first-order valence-electron chi connectivity index (χ1n) is 3.80. The summed E-state index contributed by atoms with van der Waals surface area (Å²) in [5.41, 5.74) is 5.52. The molecule has 0 atom stereocenters. The first-order chi connectivity index (χ1) is 6.27. The number of ether oxygens (including phenoxy) is 1. The smallest absolute Gasteiger partial charge is 0.140 e. The fourth-order valence-electron chi connectivity index (χ4n) is 0.877. The molecule has 0 heterocycles. The van der Waals surface area contributed by atoms with E-state index in [4.69, 9.17) is 15.7 Å². The molecule has 13 heavy (non-hydrogen) atoms. The van der Waals surface area contributed by atoms with E-state index in [0.29, 0.717) is 12.1 Å². The van der Waals surface area contributed by atoms with Crippen molar-refractivity contribution in [3.63, 3.8) is 0 Å². The fourth-order valence-corrected chi connectivity index (χ4v) is 0.877. The van der Waals surface area contributed by atoms with Crippen LogP contribution in [0.4, 0.5) is 4.39 Å². The van der Waals surface area contributed by atoms with Gasteiger partial charge < -0.3 is 10.5 Å². The predicted octanol–water partition coefficient (Wildman–Crippen LogP) is 1.03. The quantitative estimate of drug-likeness (QED) is 0.755. The number of hydrogen-bond donors (Lipinski definition) is 1. The van der Waals surface area contributed by atoms with E-state index in [1.807, 2.05) is 6.07 Å². The largest absolute Gasteiger partial charge is 0.491 e. The zero-order valence-electron chi connectivity index (χ0n) is 6.96. The van der Waals surface area contributed by atoms with Gasteiger partial charge in [0, 0.05) is 12.6 Å². The Bertz CT molecular complexity index is 333. The number of halogens is 1. The minimum atomic E-state index is -0.425. The van der Waals surface area contributed by atoms with Crippen LogP contribution in [0.5, 0.6) is 5.75 Å². The second-order valence-corrected chi connectivity index (χ2v) is 2.39. The van der Waals surface area contributed by atoms with Crippen LogP contribution in [0, 0.1) is 17.1 Å². The summed E-state index contributed by atoms with van der Waals surface area (Å²) in [6, 6.07) is 5.67.